The molecule has 0 bridgehead atoms. The first-order chi connectivity index (χ1) is 9.74. The van der Waals surface area contributed by atoms with Gasteiger partial charge in [-0.15, -0.1) is 0 Å². The Bertz CT molecular complexity index is 422. The zero-order valence-electron chi connectivity index (χ0n) is 12.6. The Morgan fingerprint density at radius 2 is 2.20 bits per heavy atom. The molecule has 1 aliphatic heterocycles. The SMILES string of the molecule is CC(C)=CCN1CCC(NC/C=C/c2ccco2)CC1. The van der Waals surface area contributed by atoms with Crippen molar-refractivity contribution in [2.24, 2.45) is 0 Å². The van der Waals surface area contributed by atoms with Crippen LogP contribution in [-0.2, 0) is 0 Å². The molecule has 0 aliphatic carbocycles. The van der Waals surface area contributed by atoms with Gasteiger partial charge in [0.25, 0.3) is 0 Å². The normalized spacial score (nSPS) is 17.7. The van der Waals surface area contributed by atoms with Gasteiger partial charge in [-0.25, -0.2) is 0 Å². The number of nitrogens with zero attached hydrogens (tertiary/aromatic N) is 1. The molecule has 1 N–H and O–H groups in total. The molecule has 1 aromatic rings. The molecule has 1 aromatic heterocycles. The third kappa shape index (κ3) is 5.35. The molecule has 110 valence electrons. The molecule has 0 aromatic carbocycles. The van der Waals surface area contributed by atoms with Crippen LogP contribution in [0.1, 0.15) is 32.4 Å². The van der Waals surface area contributed by atoms with Crippen LogP contribution < -0.4 is 5.32 Å². The van der Waals surface area contributed by atoms with Crippen molar-refractivity contribution in [3.63, 3.8) is 0 Å². The number of hydrogen-bond donors (Lipinski definition) is 1. The predicted octanol–water partition coefficient (Wildman–Crippen LogP) is 3.31. The second-order valence-corrected chi connectivity index (χ2v) is 5.68. The van der Waals surface area contributed by atoms with Gasteiger partial charge in [-0.2, -0.15) is 0 Å². The minimum atomic E-state index is 0.652. The second-order valence-electron chi connectivity index (χ2n) is 5.68. The van der Waals surface area contributed by atoms with Crippen molar-refractivity contribution in [3.8, 4) is 0 Å². The Labute approximate surface area is 122 Å². The Kier molecular flexibility index (Phi) is 6.09. The summed E-state index contributed by atoms with van der Waals surface area (Å²) in [7, 11) is 0. The number of piperidine rings is 1. The van der Waals surface area contributed by atoms with Crippen molar-refractivity contribution in [3.05, 3.63) is 41.9 Å². The van der Waals surface area contributed by atoms with Gasteiger partial charge in [0.1, 0.15) is 5.76 Å². The van der Waals surface area contributed by atoms with Crippen LogP contribution in [-0.4, -0.2) is 37.1 Å². The molecule has 1 aliphatic rings. The van der Waals surface area contributed by atoms with Gasteiger partial charge < -0.3 is 9.73 Å². The average Bonchev–Trinajstić information content (AvgIpc) is 2.96. The number of hydrogen-bond acceptors (Lipinski definition) is 3. The van der Waals surface area contributed by atoms with Gasteiger partial charge in [-0.1, -0.05) is 17.7 Å². The van der Waals surface area contributed by atoms with E-state index < -0.39 is 0 Å². The summed E-state index contributed by atoms with van der Waals surface area (Å²) in [5, 5.41) is 3.60. The molecule has 2 heterocycles. The number of likely N-dealkylation sites (tertiary alicyclic amines) is 1. The highest BCUT2D eigenvalue weighted by atomic mass is 16.3. The highest BCUT2D eigenvalue weighted by Crippen LogP contribution is 2.10. The molecular formula is C17H26N2O. The summed E-state index contributed by atoms with van der Waals surface area (Å²) in [6.07, 6.45) is 10.7. The summed E-state index contributed by atoms with van der Waals surface area (Å²) < 4.78 is 5.26. The Balaban J connectivity index is 1.61. The minimum absolute atomic E-state index is 0.652. The van der Waals surface area contributed by atoms with Gasteiger partial charge in [0.05, 0.1) is 6.26 Å². The van der Waals surface area contributed by atoms with E-state index in [4.69, 9.17) is 4.42 Å². The second kappa shape index (κ2) is 8.08. The number of rotatable bonds is 6. The Morgan fingerprint density at radius 1 is 1.40 bits per heavy atom. The number of allylic oxidation sites excluding steroid dienone is 1. The van der Waals surface area contributed by atoms with Crippen molar-refractivity contribution in [2.75, 3.05) is 26.2 Å². The third-order valence-electron chi connectivity index (χ3n) is 3.69. The van der Waals surface area contributed by atoms with E-state index in [1.807, 2.05) is 18.2 Å². The summed E-state index contributed by atoms with van der Waals surface area (Å²) >= 11 is 0. The topological polar surface area (TPSA) is 28.4 Å². The molecule has 0 atom stereocenters. The van der Waals surface area contributed by atoms with Crippen LogP contribution in [0.25, 0.3) is 6.08 Å². The number of furan rings is 1. The lowest BCUT2D eigenvalue weighted by atomic mass is 10.0. The van der Waals surface area contributed by atoms with E-state index in [0.717, 1.165) is 18.8 Å². The summed E-state index contributed by atoms with van der Waals surface area (Å²) in [5.41, 5.74) is 1.41. The van der Waals surface area contributed by atoms with E-state index in [1.54, 1.807) is 6.26 Å². The van der Waals surface area contributed by atoms with E-state index in [1.165, 1.54) is 31.5 Å². The molecule has 0 amide bonds. The molecule has 1 fully saturated rings. The van der Waals surface area contributed by atoms with E-state index in [9.17, 15) is 0 Å². The van der Waals surface area contributed by atoms with Gasteiger partial charge in [0.2, 0.25) is 0 Å². The largest absolute Gasteiger partial charge is 0.465 e. The van der Waals surface area contributed by atoms with E-state index >= 15 is 0 Å². The average molecular weight is 274 g/mol. The zero-order chi connectivity index (χ0) is 14.2. The maximum Gasteiger partial charge on any atom is 0.126 e. The van der Waals surface area contributed by atoms with E-state index in [0.29, 0.717) is 6.04 Å². The van der Waals surface area contributed by atoms with Gasteiger partial charge in [0, 0.05) is 19.1 Å². The predicted molar refractivity (Wildman–Crippen MR) is 84.6 cm³/mol. The maximum absolute atomic E-state index is 5.26. The fraction of sp³-hybridized carbons (Fsp3) is 0.529. The molecule has 3 heteroatoms. The van der Waals surface area contributed by atoms with Crippen molar-refractivity contribution in [2.45, 2.75) is 32.7 Å². The monoisotopic (exact) mass is 274 g/mol. The maximum atomic E-state index is 5.26. The molecule has 0 saturated carbocycles. The standard InChI is InChI=1S/C17H26N2O/c1-15(2)7-11-19-12-8-16(9-13-19)18-10-3-5-17-6-4-14-20-17/h3-7,14,16,18H,8-13H2,1-2H3/b5-3+. The van der Waals surface area contributed by atoms with Crippen LogP contribution in [0.2, 0.25) is 0 Å². The Hall–Kier alpha value is -1.32. The third-order valence-corrected chi connectivity index (χ3v) is 3.69. The zero-order valence-corrected chi connectivity index (χ0v) is 12.6. The molecular weight excluding hydrogens is 248 g/mol. The van der Waals surface area contributed by atoms with Gasteiger partial charge >= 0.3 is 0 Å². The molecule has 20 heavy (non-hydrogen) atoms. The fourth-order valence-corrected chi connectivity index (χ4v) is 2.43. The smallest absolute Gasteiger partial charge is 0.126 e. The highest BCUT2D eigenvalue weighted by molar-refractivity contribution is 5.42. The molecule has 3 nitrogen and oxygen atoms in total. The quantitative estimate of drug-likeness (QED) is 0.807. The first-order valence-corrected chi connectivity index (χ1v) is 7.53. The van der Waals surface area contributed by atoms with Crippen molar-refractivity contribution >= 4 is 6.08 Å². The minimum Gasteiger partial charge on any atom is -0.465 e. The number of nitrogens with one attached hydrogen (secondary N) is 1. The van der Waals surface area contributed by atoms with Crippen LogP contribution in [0, 0.1) is 0 Å². The molecule has 2 rings (SSSR count). The van der Waals surface area contributed by atoms with Crippen LogP contribution in [0.15, 0.2) is 40.5 Å². The summed E-state index contributed by atoms with van der Waals surface area (Å²) in [4.78, 5) is 2.53. The summed E-state index contributed by atoms with van der Waals surface area (Å²) in [6.45, 7) is 8.75. The van der Waals surface area contributed by atoms with Crippen molar-refractivity contribution < 1.29 is 4.42 Å². The lowest BCUT2D eigenvalue weighted by molar-refractivity contribution is 0.217. The lowest BCUT2D eigenvalue weighted by Crippen LogP contribution is -2.42. The Morgan fingerprint density at radius 3 is 2.85 bits per heavy atom. The van der Waals surface area contributed by atoms with Crippen molar-refractivity contribution in [1.82, 2.24) is 10.2 Å². The van der Waals surface area contributed by atoms with E-state index in [2.05, 4.69) is 36.2 Å². The summed E-state index contributed by atoms with van der Waals surface area (Å²) in [5.74, 6) is 0.920. The van der Waals surface area contributed by atoms with Crippen LogP contribution in [0.5, 0.6) is 0 Å². The van der Waals surface area contributed by atoms with Gasteiger partial charge in [0.15, 0.2) is 0 Å². The lowest BCUT2D eigenvalue weighted by Gasteiger charge is -2.31. The first kappa shape index (κ1) is 15.1. The van der Waals surface area contributed by atoms with Crippen LogP contribution >= 0.6 is 0 Å². The van der Waals surface area contributed by atoms with Crippen LogP contribution in [0.3, 0.4) is 0 Å². The van der Waals surface area contributed by atoms with Crippen LogP contribution in [0.4, 0.5) is 0 Å². The van der Waals surface area contributed by atoms with Crippen molar-refractivity contribution in [1.29, 1.82) is 0 Å². The van der Waals surface area contributed by atoms with Gasteiger partial charge in [-0.05, 0) is 58.0 Å². The summed E-state index contributed by atoms with van der Waals surface area (Å²) in [6, 6.07) is 4.53. The first-order valence-electron chi connectivity index (χ1n) is 7.53. The van der Waals surface area contributed by atoms with E-state index in [-0.39, 0.29) is 0 Å². The molecule has 0 spiro atoms. The fourth-order valence-electron chi connectivity index (χ4n) is 2.43. The molecule has 1 saturated heterocycles. The van der Waals surface area contributed by atoms with Gasteiger partial charge in [-0.3, -0.25) is 4.90 Å². The molecule has 0 radical (unpaired) electrons. The molecule has 0 unspecified atom stereocenters. The highest BCUT2D eigenvalue weighted by Gasteiger charge is 2.17.